The second kappa shape index (κ2) is 4.58. The van der Waals surface area contributed by atoms with E-state index in [1.807, 2.05) is 0 Å². The maximum atomic E-state index is 13.3. The Morgan fingerprint density at radius 3 is 2.95 bits per heavy atom. The van der Waals surface area contributed by atoms with Crippen LogP contribution in [-0.2, 0) is 11.2 Å². The number of carbonyl (C=O) groups is 1. The third kappa shape index (κ3) is 2.24. The monoisotopic (exact) mass is 297 g/mol. The van der Waals surface area contributed by atoms with Crippen molar-refractivity contribution in [1.82, 2.24) is 4.98 Å². The Hall–Kier alpha value is -1.46. The van der Waals surface area contributed by atoms with E-state index in [1.54, 1.807) is 6.07 Å². The Kier molecular flexibility index (Phi) is 3.03. The van der Waals surface area contributed by atoms with Crippen LogP contribution in [0, 0.1) is 5.82 Å². The van der Waals surface area contributed by atoms with Crippen LogP contribution in [0.5, 0.6) is 0 Å². The number of hydrogen-bond acceptors (Lipinski definition) is 3. The van der Waals surface area contributed by atoms with Gasteiger partial charge in [-0.05, 0) is 31.0 Å². The van der Waals surface area contributed by atoms with Gasteiger partial charge >= 0.3 is 5.97 Å². The van der Waals surface area contributed by atoms with Crippen molar-refractivity contribution < 1.29 is 14.3 Å². The minimum absolute atomic E-state index is 0.306. The fourth-order valence-electron chi connectivity index (χ4n) is 2.27. The van der Waals surface area contributed by atoms with Crippen LogP contribution in [0.1, 0.15) is 22.9 Å². The molecule has 1 aliphatic rings. The number of halogens is 2. The fourth-order valence-corrected chi connectivity index (χ4v) is 3.62. The van der Waals surface area contributed by atoms with Gasteiger partial charge < -0.3 is 5.11 Å². The molecule has 0 aliphatic heterocycles. The summed E-state index contributed by atoms with van der Waals surface area (Å²) in [4.78, 5) is 16.4. The largest absolute Gasteiger partial charge is 0.481 e. The fraction of sp³-hybridized carbons (Fsp3) is 0.231. The van der Waals surface area contributed by atoms with E-state index in [0.717, 1.165) is 4.88 Å². The minimum atomic E-state index is -0.854. The number of aromatic nitrogens is 1. The van der Waals surface area contributed by atoms with Crippen LogP contribution < -0.4 is 0 Å². The molecular weight excluding hydrogens is 289 g/mol. The van der Waals surface area contributed by atoms with Gasteiger partial charge in [-0.1, -0.05) is 11.6 Å². The van der Waals surface area contributed by atoms with Crippen molar-refractivity contribution in [3.63, 3.8) is 0 Å². The molecule has 6 heteroatoms. The predicted molar refractivity (Wildman–Crippen MR) is 71.2 cm³/mol. The third-order valence-electron chi connectivity index (χ3n) is 3.13. The molecule has 3 rings (SSSR count). The van der Waals surface area contributed by atoms with Crippen molar-refractivity contribution in [2.24, 2.45) is 0 Å². The highest BCUT2D eigenvalue weighted by molar-refractivity contribution is 7.15. The smallest absolute Gasteiger partial charge is 0.312 e. The Balaban J connectivity index is 2.04. The van der Waals surface area contributed by atoms with Crippen LogP contribution in [0.25, 0.3) is 10.6 Å². The van der Waals surface area contributed by atoms with Crippen molar-refractivity contribution in [3.05, 3.63) is 39.6 Å². The topological polar surface area (TPSA) is 50.2 Å². The highest BCUT2D eigenvalue weighted by Gasteiger charge is 2.32. The molecule has 98 valence electrons. The predicted octanol–water partition coefficient (Wildman–Crippen LogP) is 3.72. The summed E-state index contributed by atoms with van der Waals surface area (Å²) in [5, 5.41) is 10.0. The summed E-state index contributed by atoms with van der Waals surface area (Å²) >= 11 is 7.23. The Labute approximate surface area is 117 Å². The van der Waals surface area contributed by atoms with Gasteiger partial charge in [0, 0.05) is 15.5 Å². The molecule has 1 heterocycles. The van der Waals surface area contributed by atoms with E-state index < -0.39 is 17.7 Å². The minimum Gasteiger partial charge on any atom is -0.481 e. The number of aliphatic carboxylic acids is 1. The molecule has 0 fully saturated rings. The van der Waals surface area contributed by atoms with Gasteiger partial charge in [0.15, 0.2) is 0 Å². The molecule has 0 saturated heterocycles. The Morgan fingerprint density at radius 1 is 1.47 bits per heavy atom. The van der Waals surface area contributed by atoms with E-state index in [4.69, 9.17) is 16.7 Å². The van der Waals surface area contributed by atoms with Crippen LogP contribution in [-0.4, -0.2) is 16.1 Å². The summed E-state index contributed by atoms with van der Waals surface area (Å²) in [5.41, 5.74) is 1.21. The molecule has 1 aliphatic carbocycles. The Bertz CT molecular complexity index is 650. The first-order valence-corrected chi connectivity index (χ1v) is 6.93. The quantitative estimate of drug-likeness (QED) is 0.919. The molecule has 0 bridgehead atoms. The molecule has 0 radical (unpaired) electrons. The molecule has 1 N–H and O–H groups in total. The summed E-state index contributed by atoms with van der Waals surface area (Å²) in [6.45, 7) is 0. The van der Waals surface area contributed by atoms with Gasteiger partial charge in [-0.3, -0.25) is 4.79 Å². The number of thiazole rings is 1. The average Bonchev–Trinajstić information content (AvgIpc) is 2.85. The van der Waals surface area contributed by atoms with E-state index in [-0.39, 0.29) is 0 Å². The molecule has 3 nitrogen and oxygen atoms in total. The van der Waals surface area contributed by atoms with Gasteiger partial charge in [0.1, 0.15) is 16.7 Å². The van der Waals surface area contributed by atoms with E-state index in [2.05, 4.69) is 4.98 Å². The summed E-state index contributed by atoms with van der Waals surface area (Å²) in [6.07, 6.45) is 1.31. The lowest BCUT2D eigenvalue weighted by atomic mass is 10.1. The standard InChI is InChI=1S/C13H9ClFNO2S/c14-7-3-6(4-8(15)5-7)12-16-11-9(13(17)18)1-2-10(11)19-12/h3-5,9H,1-2H2,(H,17,18). The van der Waals surface area contributed by atoms with E-state index in [9.17, 15) is 9.18 Å². The highest BCUT2D eigenvalue weighted by Crippen LogP contribution is 2.40. The lowest BCUT2D eigenvalue weighted by Crippen LogP contribution is -2.08. The molecule has 2 aromatic rings. The summed E-state index contributed by atoms with van der Waals surface area (Å²) in [6, 6.07) is 4.22. The van der Waals surface area contributed by atoms with Crippen LogP contribution in [0.15, 0.2) is 18.2 Å². The number of nitrogens with zero attached hydrogens (tertiary/aromatic N) is 1. The average molecular weight is 298 g/mol. The van der Waals surface area contributed by atoms with Crippen LogP contribution in [0.2, 0.25) is 5.02 Å². The third-order valence-corrected chi connectivity index (χ3v) is 4.52. The zero-order valence-corrected chi connectivity index (χ0v) is 11.3. The number of fused-ring (bicyclic) bond motifs is 1. The van der Waals surface area contributed by atoms with Gasteiger partial charge in [-0.2, -0.15) is 0 Å². The van der Waals surface area contributed by atoms with E-state index in [0.29, 0.717) is 34.1 Å². The van der Waals surface area contributed by atoms with Crippen LogP contribution in [0.3, 0.4) is 0 Å². The second-order valence-corrected chi connectivity index (χ2v) is 5.94. The van der Waals surface area contributed by atoms with Crippen LogP contribution >= 0.6 is 22.9 Å². The molecule has 1 unspecified atom stereocenters. The lowest BCUT2D eigenvalue weighted by molar-refractivity contribution is -0.138. The number of carboxylic acids is 1. The SMILES string of the molecule is O=C(O)C1CCc2sc(-c3cc(F)cc(Cl)c3)nc21. The maximum Gasteiger partial charge on any atom is 0.312 e. The highest BCUT2D eigenvalue weighted by atomic mass is 35.5. The van der Waals surface area contributed by atoms with Crippen molar-refractivity contribution in [1.29, 1.82) is 0 Å². The Morgan fingerprint density at radius 2 is 2.26 bits per heavy atom. The lowest BCUT2D eigenvalue weighted by Gasteiger charge is -2.02. The molecule has 1 aromatic carbocycles. The molecule has 0 spiro atoms. The van der Waals surface area contributed by atoms with Crippen molar-refractivity contribution in [2.75, 3.05) is 0 Å². The van der Waals surface area contributed by atoms with Gasteiger partial charge in [-0.25, -0.2) is 9.37 Å². The summed E-state index contributed by atoms with van der Waals surface area (Å²) in [7, 11) is 0. The van der Waals surface area contributed by atoms with E-state index in [1.165, 1.54) is 23.5 Å². The number of aryl methyl sites for hydroxylation is 1. The molecule has 0 amide bonds. The van der Waals surface area contributed by atoms with Gasteiger partial charge in [0.2, 0.25) is 0 Å². The molecular formula is C13H9ClFNO2S. The first kappa shape index (κ1) is 12.6. The molecule has 1 aromatic heterocycles. The second-order valence-electron chi connectivity index (χ2n) is 4.42. The first-order valence-electron chi connectivity index (χ1n) is 5.73. The zero-order chi connectivity index (χ0) is 13.6. The molecule has 1 atom stereocenters. The molecule has 0 saturated carbocycles. The summed E-state index contributed by atoms with van der Waals surface area (Å²) < 4.78 is 13.3. The van der Waals surface area contributed by atoms with Gasteiger partial charge in [-0.15, -0.1) is 11.3 Å². The number of hydrogen-bond donors (Lipinski definition) is 1. The number of carboxylic acid groups (broad SMARTS) is 1. The molecule has 19 heavy (non-hydrogen) atoms. The number of benzene rings is 1. The van der Waals surface area contributed by atoms with Gasteiger partial charge in [0.05, 0.1) is 5.69 Å². The normalized spacial score (nSPS) is 17.5. The van der Waals surface area contributed by atoms with Gasteiger partial charge in [0.25, 0.3) is 0 Å². The van der Waals surface area contributed by atoms with Crippen molar-refractivity contribution in [2.45, 2.75) is 18.8 Å². The number of rotatable bonds is 2. The first-order chi connectivity index (χ1) is 9.04. The van der Waals surface area contributed by atoms with E-state index >= 15 is 0 Å². The van der Waals surface area contributed by atoms with Crippen molar-refractivity contribution >= 4 is 28.9 Å². The van der Waals surface area contributed by atoms with Crippen molar-refractivity contribution in [3.8, 4) is 10.6 Å². The van der Waals surface area contributed by atoms with Crippen LogP contribution in [0.4, 0.5) is 4.39 Å². The summed E-state index contributed by atoms with van der Waals surface area (Å²) in [5.74, 6) is -1.82. The zero-order valence-electron chi connectivity index (χ0n) is 9.69. The maximum absolute atomic E-state index is 13.3.